The highest BCUT2D eigenvalue weighted by Crippen LogP contribution is 2.16. The van der Waals surface area contributed by atoms with E-state index >= 15 is 0 Å². The minimum absolute atomic E-state index is 0.312. The van der Waals surface area contributed by atoms with Crippen LogP contribution in [0.4, 0.5) is 0 Å². The van der Waals surface area contributed by atoms with Crippen LogP contribution < -0.4 is 0 Å². The van der Waals surface area contributed by atoms with Crippen LogP contribution in [0.3, 0.4) is 0 Å². The van der Waals surface area contributed by atoms with Crippen molar-refractivity contribution in [3.8, 4) is 0 Å². The van der Waals surface area contributed by atoms with Crippen molar-refractivity contribution in [3.63, 3.8) is 0 Å². The van der Waals surface area contributed by atoms with Crippen LogP contribution >= 0.6 is 0 Å². The van der Waals surface area contributed by atoms with Crippen LogP contribution in [-0.4, -0.2) is 30.8 Å². The van der Waals surface area contributed by atoms with Gasteiger partial charge in [0.15, 0.2) is 0 Å². The summed E-state index contributed by atoms with van der Waals surface area (Å²) in [6.07, 6.45) is 17.5. The summed E-state index contributed by atoms with van der Waals surface area (Å²) >= 11 is 0. The zero-order chi connectivity index (χ0) is 14.5. The lowest BCUT2D eigenvalue weighted by molar-refractivity contribution is -0.112. The van der Waals surface area contributed by atoms with Gasteiger partial charge in [-0.15, -0.1) is 0 Å². The second-order valence-electron chi connectivity index (χ2n) is 6.52. The second kappa shape index (κ2) is 12.4. The van der Waals surface area contributed by atoms with Crippen LogP contribution in [0.5, 0.6) is 0 Å². The van der Waals surface area contributed by atoms with E-state index in [1.54, 1.807) is 0 Å². The van der Waals surface area contributed by atoms with Crippen LogP contribution in [0, 0.1) is 5.92 Å². The van der Waals surface area contributed by atoms with Crippen molar-refractivity contribution in [3.05, 3.63) is 0 Å². The van der Waals surface area contributed by atoms with E-state index in [0.717, 1.165) is 19.3 Å². The molecule has 118 valence electrons. The highest BCUT2D eigenvalue weighted by atomic mass is 16.1. The van der Waals surface area contributed by atoms with E-state index < -0.39 is 0 Å². The van der Waals surface area contributed by atoms with Crippen LogP contribution in [0.1, 0.15) is 84.0 Å². The topological polar surface area (TPSA) is 20.3 Å². The van der Waals surface area contributed by atoms with Crippen LogP contribution in [0.15, 0.2) is 0 Å². The molecular weight excluding hydrogens is 246 g/mol. The Morgan fingerprint density at radius 1 is 0.950 bits per heavy atom. The van der Waals surface area contributed by atoms with Gasteiger partial charge in [0.05, 0.1) is 0 Å². The first-order valence-corrected chi connectivity index (χ1v) is 9.04. The molecule has 0 N–H and O–H groups in total. The number of piperidine rings is 1. The molecule has 0 amide bonds. The molecule has 2 nitrogen and oxygen atoms in total. The van der Waals surface area contributed by atoms with Crippen molar-refractivity contribution in [2.75, 3.05) is 19.6 Å². The molecule has 0 aromatic rings. The average Bonchev–Trinajstić information content (AvgIpc) is 2.49. The van der Waals surface area contributed by atoms with Crippen LogP contribution in [0.2, 0.25) is 0 Å². The standard InChI is InChI=1S/C18H35NO/c1-2-3-4-5-6-7-8-9-10-11-14-19-15-12-13-18(16-19)17-20/h17-18H,2-16H2,1H3. The molecule has 2 heteroatoms. The number of rotatable bonds is 12. The molecule has 0 saturated carbocycles. The maximum absolute atomic E-state index is 10.8. The van der Waals surface area contributed by atoms with E-state index in [4.69, 9.17) is 0 Å². The van der Waals surface area contributed by atoms with Gasteiger partial charge in [-0.05, 0) is 32.4 Å². The summed E-state index contributed by atoms with van der Waals surface area (Å²) in [6.45, 7) is 5.71. The largest absolute Gasteiger partial charge is 0.303 e. The summed E-state index contributed by atoms with van der Waals surface area (Å²) < 4.78 is 0. The number of hydrogen-bond donors (Lipinski definition) is 0. The Kier molecular flexibility index (Phi) is 10.9. The minimum atomic E-state index is 0.312. The third kappa shape index (κ3) is 8.73. The summed E-state index contributed by atoms with van der Waals surface area (Å²) in [5.41, 5.74) is 0. The molecule has 1 saturated heterocycles. The van der Waals surface area contributed by atoms with Crippen molar-refractivity contribution < 1.29 is 4.79 Å². The zero-order valence-electron chi connectivity index (χ0n) is 13.6. The fraction of sp³-hybridized carbons (Fsp3) is 0.944. The predicted octanol–water partition coefficient (Wildman–Crippen LogP) is 4.82. The van der Waals surface area contributed by atoms with Crippen molar-refractivity contribution >= 4 is 6.29 Å². The van der Waals surface area contributed by atoms with Gasteiger partial charge in [0.2, 0.25) is 0 Å². The van der Waals surface area contributed by atoms with Gasteiger partial charge >= 0.3 is 0 Å². The molecule has 1 aliphatic heterocycles. The quantitative estimate of drug-likeness (QED) is 0.377. The third-order valence-corrected chi connectivity index (χ3v) is 4.56. The van der Waals surface area contributed by atoms with E-state index in [9.17, 15) is 4.79 Å². The summed E-state index contributed by atoms with van der Waals surface area (Å²) in [5.74, 6) is 0.312. The molecule has 1 atom stereocenters. The van der Waals surface area contributed by atoms with E-state index in [0.29, 0.717) is 5.92 Å². The Morgan fingerprint density at radius 3 is 2.15 bits per heavy atom. The van der Waals surface area contributed by atoms with E-state index in [-0.39, 0.29) is 0 Å². The summed E-state index contributed by atoms with van der Waals surface area (Å²) in [7, 11) is 0. The first-order valence-electron chi connectivity index (χ1n) is 9.04. The first-order chi connectivity index (χ1) is 9.86. The normalized spacial score (nSPS) is 20.1. The molecule has 1 aliphatic rings. The van der Waals surface area contributed by atoms with Gasteiger partial charge < -0.3 is 9.69 Å². The van der Waals surface area contributed by atoms with Gasteiger partial charge in [-0.25, -0.2) is 0 Å². The number of aldehydes is 1. The van der Waals surface area contributed by atoms with Gasteiger partial charge in [-0.3, -0.25) is 0 Å². The Hall–Kier alpha value is -0.370. The second-order valence-corrected chi connectivity index (χ2v) is 6.52. The van der Waals surface area contributed by atoms with Gasteiger partial charge in [0, 0.05) is 12.5 Å². The Morgan fingerprint density at radius 2 is 1.55 bits per heavy atom. The zero-order valence-corrected chi connectivity index (χ0v) is 13.6. The molecule has 0 bridgehead atoms. The van der Waals surface area contributed by atoms with Gasteiger partial charge in [-0.2, -0.15) is 0 Å². The summed E-state index contributed by atoms with van der Waals surface area (Å²) in [6, 6.07) is 0. The van der Waals surface area contributed by atoms with Crippen LogP contribution in [0.25, 0.3) is 0 Å². The van der Waals surface area contributed by atoms with Crippen molar-refractivity contribution in [1.82, 2.24) is 4.90 Å². The maximum Gasteiger partial charge on any atom is 0.124 e. The highest BCUT2D eigenvalue weighted by Gasteiger charge is 2.18. The number of likely N-dealkylation sites (tertiary alicyclic amines) is 1. The summed E-state index contributed by atoms with van der Waals surface area (Å²) in [4.78, 5) is 13.3. The van der Waals surface area contributed by atoms with E-state index in [1.807, 2.05) is 0 Å². The molecular formula is C18H35NO. The van der Waals surface area contributed by atoms with Gasteiger partial charge in [0.25, 0.3) is 0 Å². The lowest BCUT2D eigenvalue weighted by Gasteiger charge is -2.29. The van der Waals surface area contributed by atoms with Gasteiger partial charge in [-0.1, -0.05) is 64.7 Å². The van der Waals surface area contributed by atoms with Gasteiger partial charge in [0.1, 0.15) is 6.29 Å². The lowest BCUT2D eigenvalue weighted by atomic mass is 9.99. The van der Waals surface area contributed by atoms with Crippen molar-refractivity contribution in [2.45, 2.75) is 84.0 Å². The maximum atomic E-state index is 10.8. The molecule has 0 radical (unpaired) electrons. The predicted molar refractivity (Wildman–Crippen MR) is 87.1 cm³/mol. The number of nitrogens with zero attached hydrogens (tertiary/aromatic N) is 1. The highest BCUT2D eigenvalue weighted by molar-refractivity contribution is 5.53. The molecule has 1 unspecified atom stereocenters. The number of carbonyl (C=O) groups excluding carboxylic acids is 1. The Labute approximate surface area is 126 Å². The number of unbranched alkanes of at least 4 members (excludes halogenated alkanes) is 9. The van der Waals surface area contributed by atoms with Crippen molar-refractivity contribution in [1.29, 1.82) is 0 Å². The smallest absolute Gasteiger partial charge is 0.124 e. The first kappa shape index (κ1) is 17.7. The molecule has 1 rings (SSSR count). The fourth-order valence-electron chi connectivity index (χ4n) is 3.23. The third-order valence-electron chi connectivity index (χ3n) is 4.56. The molecule has 1 fully saturated rings. The average molecular weight is 281 g/mol. The SMILES string of the molecule is CCCCCCCCCCCCN1CCCC(C=O)C1. The summed E-state index contributed by atoms with van der Waals surface area (Å²) in [5, 5.41) is 0. The number of carbonyl (C=O) groups is 1. The molecule has 20 heavy (non-hydrogen) atoms. The monoisotopic (exact) mass is 281 g/mol. The van der Waals surface area contributed by atoms with Crippen molar-refractivity contribution in [2.24, 2.45) is 5.92 Å². The van der Waals surface area contributed by atoms with E-state index in [2.05, 4.69) is 11.8 Å². The Bertz CT molecular complexity index is 229. The minimum Gasteiger partial charge on any atom is -0.303 e. The molecule has 0 aromatic carbocycles. The molecule has 0 spiro atoms. The van der Waals surface area contributed by atoms with E-state index in [1.165, 1.54) is 83.7 Å². The Balaban J connectivity index is 1.83. The molecule has 0 aromatic heterocycles. The molecule has 1 heterocycles. The lowest BCUT2D eigenvalue weighted by Crippen LogP contribution is -2.36. The molecule has 0 aliphatic carbocycles. The van der Waals surface area contributed by atoms with Crippen LogP contribution in [-0.2, 0) is 4.79 Å². The number of hydrogen-bond acceptors (Lipinski definition) is 2. The fourth-order valence-corrected chi connectivity index (χ4v) is 3.23.